The molecule has 0 aliphatic rings. The molecule has 5 aromatic rings. The highest BCUT2D eigenvalue weighted by molar-refractivity contribution is 7.22. The normalized spacial score (nSPS) is 11.4. The largest absolute Gasteiger partial charge is 0.508 e. The number of aromatic hydroxyl groups is 1. The summed E-state index contributed by atoms with van der Waals surface area (Å²) >= 11 is 3.26. The Bertz CT molecular complexity index is 1060. The van der Waals surface area contributed by atoms with Crippen LogP contribution in [0.15, 0.2) is 66.7 Å². The van der Waals surface area contributed by atoms with E-state index >= 15 is 0 Å². The molecule has 0 aliphatic carbocycles. The topological polar surface area (TPSA) is 46.0 Å². The van der Waals surface area contributed by atoms with Crippen LogP contribution in [0.3, 0.4) is 0 Å². The van der Waals surface area contributed by atoms with Crippen LogP contribution in [0, 0.1) is 0 Å². The van der Waals surface area contributed by atoms with Gasteiger partial charge in [0.25, 0.3) is 0 Å². The summed E-state index contributed by atoms with van der Waals surface area (Å²) in [4.78, 5) is 9.38. The molecule has 0 atom stereocenters. The number of para-hydroxylation sites is 2. The van der Waals surface area contributed by atoms with Gasteiger partial charge in [-0.05, 0) is 42.5 Å². The molecule has 5 heteroatoms. The average molecular weight is 360 g/mol. The van der Waals surface area contributed by atoms with Crippen LogP contribution in [0.2, 0.25) is 0 Å². The number of rotatable bonds is 2. The molecule has 0 amide bonds. The molecule has 2 aromatic heterocycles. The minimum Gasteiger partial charge on any atom is -0.508 e. The fourth-order valence-electron chi connectivity index (χ4n) is 2.85. The van der Waals surface area contributed by atoms with Crippen molar-refractivity contribution in [3.8, 4) is 26.9 Å². The molecule has 0 saturated carbocycles. The SMILES string of the molecule is Oc1cc(-c2nc3ccccc3s2)cc(-c2nc3ccccc3s2)c1. The molecule has 3 nitrogen and oxygen atoms in total. The summed E-state index contributed by atoms with van der Waals surface area (Å²) in [5, 5.41) is 12.0. The lowest BCUT2D eigenvalue weighted by Gasteiger charge is -2.02. The van der Waals surface area contributed by atoms with Crippen LogP contribution in [0.1, 0.15) is 0 Å². The van der Waals surface area contributed by atoms with Crippen LogP contribution >= 0.6 is 22.7 Å². The smallest absolute Gasteiger partial charge is 0.124 e. The van der Waals surface area contributed by atoms with Gasteiger partial charge in [0.2, 0.25) is 0 Å². The quantitative estimate of drug-likeness (QED) is 0.423. The van der Waals surface area contributed by atoms with Gasteiger partial charge in [-0.3, -0.25) is 0 Å². The van der Waals surface area contributed by atoms with Gasteiger partial charge in [-0.2, -0.15) is 0 Å². The zero-order chi connectivity index (χ0) is 16.8. The third-order valence-electron chi connectivity index (χ3n) is 4.00. The number of phenols is 1. The zero-order valence-corrected chi connectivity index (χ0v) is 14.6. The molecule has 25 heavy (non-hydrogen) atoms. The van der Waals surface area contributed by atoms with Crippen molar-refractivity contribution in [1.82, 2.24) is 9.97 Å². The number of benzene rings is 3. The highest BCUT2D eigenvalue weighted by Gasteiger charge is 2.12. The maximum absolute atomic E-state index is 10.2. The second-order valence-corrected chi connectivity index (χ2v) is 7.80. The molecule has 5 rings (SSSR count). The molecule has 120 valence electrons. The van der Waals surface area contributed by atoms with E-state index in [0.29, 0.717) is 0 Å². The van der Waals surface area contributed by atoms with Crippen molar-refractivity contribution in [2.24, 2.45) is 0 Å². The highest BCUT2D eigenvalue weighted by Crippen LogP contribution is 2.37. The third-order valence-corrected chi connectivity index (χ3v) is 6.17. The van der Waals surface area contributed by atoms with Crippen molar-refractivity contribution >= 4 is 43.1 Å². The molecule has 0 bridgehead atoms. The molecule has 0 unspecified atom stereocenters. The van der Waals surface area contributed by atoms with Gasteiger partial charge in [0.15, 0.2) is 0 Å². The van der Waals surface area contributed by atoms with Gasteiger partial charge in [0.05, 0.1) is 20.4 Å². The number of phenolic OH excluding ortho intramolecular Hbond substituents is 1. The summed E-state index contributed by atoms with van der Waals surface area (Å²) in [6, 6.07) is 21.7. The highest BCUT2D eigenvalue weighted by atomic mass is 32.1. The number of hydrogen-bond acceptors (Lipinski definition) is 5. The van der Waals surface area contributed by atoms with Gasteiger partial charge in [0, 0.05) is 11.1 Å². The number of nitrogens with zero attached hydrogens (tertiary/aromatic N) is 2. The Balaban J connectivity index is 1.66. The van der Waals surface area contributed by atoms with Crippen LogP contribution in [0.4, 0.5) is 0 Å². The Kier molecular flexibility index (Phi) is 3.29. The molecule has 0 fully saturated rings. The Morgan fingerprint density at radius 3 is 1.60 bits per heavy atom. The number of fused-ring (bicyclic) bond motifs is 2. The molecular weight excluding hydrogens is 348 g/mol. The van der Waals surface area contributed by atoms with E-state index in [0.717, 1.165) is 41.6 Å². The fraction of sp³-hybridized carbons (Fsp3) is 0. The van der Waals surface area contributed by atoms with Crippen LogP contribution in [-0.2, 0) is 0 Å². The van der Waals surface area contributed by atoms with Gasteiger partial charge >= 0.3 is 0 Å². The second kappa shape index (κ2) is 5.65. The molecule has 0 radical (unpaired) electrons. The summed E-state index contributed by atoms with van der Waals surface area (Å²) in [7, 11) is 0. The first-order chi connectivity index (χ1) is 12.3. The summed E-state index contributed by atoms with van der Waals surface area (Å²) in [5.41, 5.74) is 3.78. The Labute approximate surface area is 151 Å². The van der Waals surface area contributed by atoms with E-state index in [4.69, 9.17) is 9.97 Å². The van der Waals surface area contributed by atoms with E-state index in [1.807, 2.05) is 36.4 Å². The Morgan fingerprint density at radius 1 is 0.640 bits per heavy atom. The lowest BCUT2D eigenvalue weighted by molar-refractivity contribution is 0.476. The molecule has 2 heterocycles. The predicted octanol–water partition coefficient (Wildman–Crippen LogP) is 5.95. The zero-order valence-electron chi connectivity index (χ0n) is 13.0. The maximum Gasteiger partial charge on any atom is 0.124 e. The number of hydrogen-bond donors (Lipinski definition) is 1. The number of aromatic nitrogens is 2. The van der Waals surface area contributed by atoms with Crippen LogP contribution in [0.25, 0.3) is 41.6 Å². The van der Waals surface area contributed by atoms with Crippen molar-refractivity contribution in [3.05, 3.63) is 66.7 Å². The Morgan fingerprint density at radius 2 is 1.12 bits per heavy atom. The van der Waals surface area contributed by atoms with E-state index in [9.17, 15) is 5.11 Å². The second-order valence-electron chi connectivity index (χ2n) is 5.74. The van der Waals surface area contributed by atoms with Gasteiger partial charge in [-0.1, -0.05) is 24.3 Å². The van der Waals surface area contributed by atoms with Crippen LogP contribution < -0.4 is 0 Å². The molecule has 0 spiro atoms. The molecular formula is C20H12N2OS2. The summed E-state index contributed by atoms with van der Waals surface area (Å²) < 4.78 is 2.28. The fourth-order valence-corrected chi connectivity index (χ4v) is 4.76. The minimum absolute atomic E-state index is 0.228. The third kappa shape index (κ3) is 2.58. The van der Waals surface area contributed by atoms with Gasteiger partial charge in [0.1, 0.15) is 15.8 Å². The molecule has 1 N–H and O–H groups in total. The first-order valence-electron chi connectivity index (χ1n) is 7.82. The summed E-state index contributed by atoms with van der Waals surface area (Å²) in [6.07, 6.45) is 0. The molecule has 3 aromatic carbocycles. The average Bonchev–Trinajstić information content (AvgIpc) is 3.25. The summed E-state index contributed by atoms with van der Waals surface area (Å²) in [6.45, 7) is 0. The monoisotopic (exact) mass is 360 g/mol. The first kappa shape index (κ1) is 14.6. The van der Waals surface area contributed by atoms with Crippen LogP contribution in [-0.4, -0.2) is 15.1 Å². The predicted molar refractivity (Wildman–Crippen MR) is 105 cm³/mol. The Hall–Kier alpha value is -2.76. The van der Waals surface area contributed by atoms with Gasteiger partial charge in [-0.25, -0.2) is 9.97 Å². The van der Waals surface area contributed by atoms with E-state index in [2.05, 4.69) is 18.2 Å². The molecule has 0 saturated heterocycles. The van der Waals surface area contributed by atoms with E-state index < -0.39 is 0 Å². The first-order valence-corrected chi connectivity index (χ1v) is 9.45. The van der Waals surface area contributed by atoms with E-state index in [1.165, 1.54) is 0 Å². The van der Waals surface area contributed by atoms with Crippen molar-refractivity contribution in [3.63, 3.8) is 0 Å². The number of thiazole rings is 2. The van der Waals surface area contributed by atoms with Crippen molar-refractivity contribution in [1.29, 1.82) is 0 Å². The van der Waals surface area contributed by atoms with Crippen molar-refractivity contribution in [2.75, 3.05) is 0 Å². The standard InChI is InChI=1S/C20H12N2OS2/c23-14-10-12(19-21-15-5-1-3-7-17(15)24-19)9-13(11-14)20-22-16-6-2-4-8-18(16)25-20/h1-11,23H. The van der Waals surface area contributed by atoms with Crippen molar-refractivity contribution < 1.29 is 5.11 Å². The lowest BCUT2D eigenvalue weighted by Crippen LogP contribution is -1.81. The van der Waals surface area contributed by atoms with Crippen LogP contribution in [0.5, 0.6) is 5.75 Å². The lowest BCUT2D eigenvalue weighted by atomic mass is 10.1. The van der Waals surface area contributed by atoms with Gasteiger partial charge < -0.3 is 5.11 Å². The molecule has 0 aliphatic heterocycles. The van der Waals surface area contributed by atoms with Crippen molar-refractivity contribution in [2.45, 2.75) is 0 Å². The minimum atomic E-state index is 0.228. The van der Waals surface area contributed by atoms with Gasteiger partial charge in [-0.15, -0.1) is 22.7 Å². The maximum atomic E-state index is 10.2. The van der Waals surface area contributed by atoms with E-state index in [-0.39, 0.29) is 5.75 Å². The summed E-state index contributed by atoms with van der Waals surface area (Å²) in [5.74, 6) is 0.228. The van der Waals surface area contributed by atoms with E-state index in [1.54, 1.807) is 34.8 Å².